The van der Waals surface area contributed by atoms with Crippen LogP contribution in [0.1, 0.15) is 61.6 Å². The molecule has 5 rings (SSSR count). The number of esters is 1. The maximum absolute atomic E-state index is 12.7. The van der Waals surface area contributed by atoms with Crippen LogP contribution in [0, 0.1) is 17.3 Å². The number of alkyl halides is 2. The van der Waals surface area contributed by atoms with E-state index in [1.54, 1.807) is 0 Å². The Hall–Kier alpha value is -2.04. The Kier molecular flexibility index (Phi) is 7.65. The van der Waals surface area contributed by atoms with Crippen LogP contribution in [-0.4, -0.2) is 36.6 Å². The molecular formula is C30H35Cl2NO3. The third kappa shape index (κ3) is 4.91. The number of nitrogens with zero attached hydrogens (tertiary/aromatic N) is 1. The average molecular weight is 529 g/mol. The fourth-order valence-corrected chi connectivity index (χ4v) is 7.53. The van der Waals surface area contributed by atoms with Crippen molar-refractivity contribution in [1.82, 2.24) is 0 Å². The lowest BCUT2D eigenvalue weighted by Crippen LogP contribution is -2.42. The monoisotopic (exact) mass is 527 g/mol. The number of Topliss-reactive ketones (excluding diaryl/α,β-unsaturated/α-hetero) is 1. The minimum absolute atomic E-state index is 0.0984. The molecule has 192 valence electrons. The van der Waals surface area contributed by atoms with Crippen molar-refractivity contribution in [2.24, 2.45) is 17.3 Å². The van der Waals surface area contributed by atoms with E-state index in [4.69, 9.17) is 27.9 Å². The van der Waals surface area contributed by atoms with E-state index in [1.165, 1.54) is 11.1 Å². The third-order valence-electron chi connectivity index (χ3n) is 9.00. The van der Waals surface area contributed by atoms with Gasteiger partial charge in [-0.3, -0.25) is 9.59 Å². The first-order valence-corrected chi connectivity index (χ1v) is 14.3. The van der Waals surface area contributed by atoms with Gasteiger partial charge >= 0.3 is 5.97 Å². The fraction of sp³-hybridized carbons (Fsp3) is 0.533. The van der Waals surface area contributed by atoms with Gasteiger partial charge in [-0.1, -0.05) is 25.1 Å². The number of ketones is 1. The molecular weight excluding hydrogens is 493 g/mol. The number of aryl methyl sites for hydroxylation is 1. The minimum atomic E-state index is -0.257. The number of hydrogen-bond donors (Lipinski definition) is 0. The molecule has 2 fully saturated rings. The molecule has 2 saturated carbocycles. The highest BCUT2D eigenvalue weighted by molar-refractivity contribution is 6.18. The Bertz CT molecular complexity index is 1110. The minimum Gasteiger partial charge on any atom is -0.426 e. The van der Waals surface area contributed by atoms with Gasteiger partial charge in [0.25, 0.3) is 0 Å². The normalized spacial score (nSPS) is 26.6. The number of carbonyl (C=O) groups is 2. The van der Waals surface area contributed by atoms with Crippen LogP contribution in [0.2, 0.25) is 0 Å². The van der Waals surface area contributed by atoms with Crippen LogP contribution in [0.3, 0.4) is 0 Å². The molecule has 36 heavy (non-hydrogen) atoms. The SMILES string of the molecule is C[C@]12CC[C@H]3c4ccc(OC(=O)Cc5ccc(N(CCCl)CCCl)cc5)cc4CC[C@@H]3[C@@H]1CCC2=O. The third-order valence-corrected chi connectivity index (χ3v) is 9.34. The van der Waals surface area contributed by atoms with Crippen molar-refractivity contribution in [2.75, 3.05) is 29.7 Å². The number of carbonyl (C=O) groups excluding carboxylic acids is 2. The van der Waals surface area contributed by atoms with E-state index < -0.39 is 0 Å². The summed E-state index contributed by atoms with van der Waals surface area (Å²) in [6, 6.07) is 14.1. The molecule has 4 atom stereocenters. The lowest BCUT2D eigenvalue weighted by molar-refractivity contribution is -0.133. The second kappa shape index (κ2) is 10.8. The second-order valence-electron chi connectivity index (χ2n) is 10.9. The summed E-state index contributed by atoms with van der Waals surface area (Å²) < 4.78 is 5.75. The topological polar surface area (TPSA) is 46.6 Å². The van der Waals surface area contributed by atoms with Crippen LogP contribution in [0.5, 0.6) is 5.75 Å². The molecule has 2 aromatic carbocycles. The van der Waals surface area contributed by atoms with Crippen molar-refractivity contribution < 1.29 is 14.3 Å². The second-order valence-corrected chi connectivity index (χ2v) is 11.6. The van der Waals surface area contributed by atoms with Crippen LogP contribution in [0.25, 0.3) is 0 Å². The van der Waals surface area contributed by atoms with Crippen molar-refractivity contribution in [2.45, 2.75) is 57.8 Å². The summed E-state index contributed by atoms with van der Waals surface area (Å²) >= 11 is 11.8. The summed E-state index contributed by atoms with van der Waals surface area (Å²) in [5.74, 6) is 3.57. The first-order valence-electron chi connectivity index (χ1n) is 13.3. The van der Waals surface area contributed by atoms with Gasteiger partial charge < -0.3 is 9.64 Å². The maximum atomic E-state index is 12.7. The predicted octanol–water partition coefficient (Wildman–Crippen LogP) is 6.54. The number of ether oxygens (including phenoxy) is 1. The molecule has 3 aliphatic carbocycles. The standard InChI is InChI=1S/C30H35Cl2NO3/c1-30-13-12-25-24-9-7-23(19-21(24)4-8-26(25)27(30)10-11-28(30)34)36-29(35)18-20-2-5-22(6-3-20)33(16-14-31)17-15-32/h2-3,5-7,9,19,25-27H,4,8,10-18H2,1H3/t25-,26-,27-,30-/m0/s1. The fourth-order valence-electron chi connectivity index (χ4n) is 7.13. The van der Waals surface area contributed by atoms with Gasteiger partial charge in [-0.2, -0.15) is 0 Å². The van der Waals surface area contributed by atoms with Crippen molar-refractivity contribution >= 4 is 40.6 Å². The number of hydrogen-bond acceptors (Lipinski definition) is 4. The van der Waals surface area contributed by atoms with E-state index in [2.05, 4.69) is 24.0 Å². The summed E-state index contributed by atoms with van der Waals surface area (Å²) in [7, 11) is 0. The van der Waals surface area contributed by atoms with Crippen molar-refractivity contribution in [3.63, 3.8) is 0 Å². The zero-order valence-corrected chi connectivity index (χ0v) is 22.5. The van der Waals surface area contributed by atoms with Crippen LogP contribution < -0.4 is 9.64 Å². The number of halogens is 2. The molecule has 0 saturated heterocycles. The van der Waals surface area contributed by atoms with Crippen LogP contribution >= 0.6 is 23.2 Å². The molecule has 2 aromatic rings. The van der Waals surface area contributed by atoms with E-state index in [0.29, 0.717) is 41.0 Å². The van der Waals surface area contributed by atoms with E-state index in [0.717, 1.165) is 62.9 Å². The lowest BCUT2D eigenvalue weighted by atomic mass is 9.55. The highest BCUT2D eigenvalue weighted by atomic mass is 35.5. The Morgan fingerprint density at radius 3 is 2.50 bits per heavy atom. The predicted molar refractivity (Wildman–Crippen MR) is 145 cm³/mol. The first-order chi connectivity index (χ1) is 17.4. The van der Waals surface area contributed by atoms with Crippen molar-refractivity contribution in [3.8, 4) is 5.75 Å². The molecule has 0 bridgehead atoms. The van der Waals surface area contributed by atoms with Crippen LogP contribution in [0.4, 0.5) is 5.69 Å². The Labute approximate surface area is 224 Å². The molecule has 3 aliphatic rings. The molecule has 6 heteroatoms. The highest BCUT2D eigenvalue weighted by Crippen LogP contribution is 2.59. The zero-order chi connectivity index (χ0) is 25.3. The van der Waals surface area contributed by atoms with E-state index in [-0.39, 0.29) is 17.8 Å². The summed E-state index contributed by atoms with van der Waals surface area (Å²) in [5, 5.41) is 0. The molecule has 4 nitrogen and oxygen atoms in total. The van der Waals surface area contributed by atoms with Gasteiger partial charge in [0.1, 0.15) is 11.5 Å². The van der Waals surface area contributed by atoms with Crippen molar-refractivity contribution in [1.29, 1.82) is 0 Å². The van der Waals surface area contributed by atoms with Crippen LogP contribution in [0.15, 0.2) is 42.5 Å². The summed E-state index contributed by atoms with van der Waals surface area (Å²) in [5.41, 5.74) is 4.57. The van der Waals surface area contributed by atoms with E-state index in [1.807, 2.05) is 30.3 Å². The quantitative estimate of drug-likeness (QED) is 0.222. The molecule has 0 radical (unpaired) electrons. The van der Waals surface area contributed by atoms with Gasteiger partial charge in [-0.15, -0.1) is 23.2 Å². The van der Waals surface area contributed by atoms with E-state index >= 15 is 0 Å². The summed E-state index contributed by atoms with van der Waals surface area (Å²) in [6.45, 7) is 3.67. The number of benzene rings is 2. The summed E-state index contributed by atoms with van der Waals surface area (Å²) in [6.07, 6.45) is 6.24. The molecule has 0 unspecified atom stereocenters. The molecule has 0 spiro atoms. The molecule has 0 aliphatic heterocycles. The molecule has 0 heterocycles. The Balaban J connectivity index is 1.22. The summed E-state index contributed by atoms with van der Waals surface area (Å²) in [4.78, 5) is 27.4. The average Bonchev–Trinajstić information content (AvgIpc) is 3.18. The van der Waals surface area contributed by atoms with Gasteiger partial charge in [-0.25, -0.2) is 0 Å². The number of anilines is 1. The van der Waals surface area contributed by atoms with E-state index in [9.17, 15) is 9.59 Å². The van der Waals surface area contributed by atoms with Gasteiger partial charge in [-0.05, 0) is 90.8 Å². The molecule has 0 N–H and O–H groups in total. The lowest BCUT2D eigenvalue weighted by Gasteiger charge is -2.48. The number of fused-ring (bicyclic) bond motifs is 5. The first kappa shape index (κ1) is 25.6. The maximum Gasteiger partial charge on any atom is 0.315 e. The zero-order valence-electron chi connectivity index (χ0n) is 21.0. The van der Waals surface area contributed by atoms with Gasteiger partial charge in [0.05, 0.1) is 6.42 Å². The Morgan fingerprint density at radius 2 is 1.78 bits per heavy atom. The van der Waals surface area contributed by atoms with Gasteiger partial charge in [0.15, 0.2) is 0 Å². The van der Waals surface area contributed by atoms with Gasteiger partial charge in [0.2, 0.25) is 0 Å². The molecule has 0 aromatic heterocycles. The Morgan fingerprint density at radius 1 is 1.03 bits per heavy atom. The largest absolute Gasteiger partial charge is 0.426 e. The molecule has 0 amide bonds. The van der Waals surface area contributed by atoms with Crippen molar-refractivity contribution in [3.05, 3.63) is 59.2 Å². The number of rotatable bonds is 8. The van der Waals surface area contributed by atoms with Crippen LogP contribution in [-0.2, 0) is 22.4 Å². The highest BCUT2D eigenvalue weighted by Gasteiger charge is 2.54. The van der Waals surface area contributed by atoms with Gasteiger partial charge in [0, 0.05) is 42.4 Å². The smallest absolute Gasteiger partial charge is 0.315 e.